The first-order chi connectivity index (χ1) is 31.5. The van der Waals surface area contributed by atoms with Crippen LogP contribution in [0.2, 0.25) is 0 Å². The molecule has 66 heavy (non-hydrogen) atoms. The van der Waals surface area contributed by atoms with Crippen molar-refractivity contribution in [3.8, 4) is 34.6 Å². The fraction of sp³-hybridized carbons (Fsp3) is 0.311. The van der Waals surface area contributed by atoms with Gasteiger partial charge >= 0.3 is 5.76 Å². The summed E-state index contributed by atoms with van der Waals surface area (Å²) in [6.07, 6.45) is 4.35. The van der Waals surface area contributed by atoms with Gasteiger partial charge in [0.15, 0.2) is 6.61 Å². The van der Waals surface area contributed by atoms with Gasteiger partial charge in [0, 0.05) is 38.2 Å². The Bertz CT molecular complexity index is 2920. The molecule has 7 rings (SSSR count). The molecule has 5 aromatic rings. The summed E-state index contributed by atoms with van der Waals surface area (Å²) in [4.78, 5) is 68.0. The van der Waals surface area contributed by atoms with E-state index in [1.807, 2.05) is 4.72 Å². The first-order valence-electron chi connectivity index (χ1n) is 20.7. The summed E-state index contributed by atoms with van der Waals surface area (Å²) in [6.45, 7) is 1.59. The number of carbonyl (C=O) groups excluding carboxylic acids is 5. The second-order valence-electron chi connectivity index (χ2n) is 15.4. The SMILES string of the molecule is C[C@H](Oc1cc(-c2nn(C)c3c(C#CCCCCCCNC(=O)COc4cccc5c4C(=O)N(C4CCC(=O)NC4=O)C5=O)cnc(N)c23)ccc1NS(=O)(=O)C(F)F)c1ccc(F)cc1. The van der Waals surface area contributed by atoms with Gasteiger partial charge in [-0.25, -0.2) is 17.8 Å². The fourth-order valence-corrected chi connectivity index (χ4v) is 8.11. The minimum atomic E-state index is -5.07. The van der Waals surface area contributed by atoms with Gasteiger partial charge in [-0.15, -0.1) is 0 Å². The molecule has 0 bridgehead atoms. The first-order valence-corrected chi connectivity index (χ1v) is 22.3. The second-order valence-corrected chi connectivity index (χ2v) is 17.1. The van der Waals surface area contributed by atoms with Crippen LogP contribution in [0.15, 0.2) is 66.9 Å². The van der Waals surface area contributed by atoms with Crippen LogP contribution in [0, 0.1) is 17.7 Å². The molecule has 1 fully saturated rings. The van der Waals surface area contributed by atoms with Gasteiger partial charge in [-0.3, -0.25) is 43.6 Å². The Balaban J connectivity index is 0.922. The molecule has 3 aromatic carbocycles. The molecular weight excluding hydrogens is 886 g/mol. The summed E-state index contributed by atoms with van der Waals surface area (Å²) >= 11 is 0. The molecule has 2 aliphatic heterocycles. The third kappa shape index (κ3) is 10.1. The number of hydrogen-bond donors (Lipinski definition) is 4. The molecule has 4 heterocycles. The van der Waals surface area contributed by atoms with Crippen molar-refractivity contribution >= 4 is 62.0 Å². The minimum Gasteiger partial charge on any atom is -0.484 e. The van der Waals surface area contributed by atoms with Gasteiger partial charge in [0.25, 0.3) is 27.7 Å². The molecule has 2 aromatic heterocycles. The highest BCUT2D eigenvalue weighted by Crippen LogP contribution is 2.39. The van der Waals surface area contributed by atoms with Crippen molar-refractivity contribution in [1.82, 2.24) is 30.3 Å². The zero-order valence-corrected chi connectivity index (χ0v) is 36.3. The third-order valence-corrected chi connectivity index (χ3v) is 11.8. The highest BCUT2D eigenvalue weighted by atomic mass is 32.2. The van der Waals surface area contributed by atoms with Crippen molar-refractivity contribution in [3.05, 3.63) is 94.9 Å². The Morgan fingerprint density at radius 3 is 2.52 bits per heavy atom. The number of nitrogens with one attached hydrogen (secondary N) is 3. The molecule has 5 amide bonds. The highest BCUT2D eigenvalue weighted by Gasteiger charge is 2.46. The zero-order chi connectivity index (χ0) is 47.3. The lowest BCUT2D eigenvalue weighted by Gasteiger charge is -2.27. The standard InChI is InChI=1S/C45H43F3N8O9S/c1-25(26-13-16-29(46)17-14-26)65-34-22-27(15-18-31(34)54-66(62,63)45(47)48)39-38-40(55(2)53-39)28(23-51-41(38)49)10-7-5-3-4-6-8-21-50-36(58)24-64-33-12-9-11-30-37(33)44(61)56(43(30)60)32-19-20-35(57)52-42(32)59/h9,11-18,22-23,25,32,45,54H,3-6,8,19-21,24H2,1-2H3,(H2,49,51)(H,50,58)(H,52,57,59)/t25-,32?/m0/s1. The summed E-state index contributed by atoms with van der Waals surface area (Å²) in [5.41, 5.74) is 8.50. The molecule has 344 valence electrons. The maximum atomic E-state index is 13.6. The van der Waals surface area contributed by atoms with E-state index in [4.69, 9.17) is 15.2 Å². The number of aromatic nitrogens is 3. The van der Waals surface area contributed by atoms with Gasteiger partial charge in [0.1, 0.15) is 41.0 Å². The van der Waals surface area contributed by atoms with E-state index in [-0.39, 0.29) is 47.0 Å². The topological polar surface area (TPSA) is 234 Å². The lowest BCUT2D eigenvalue weighted by molar-refractivity contribution is -0.136. The largest absolute Gasteiger partial charge is 0.484 e. The average molecular weight is 929 g/mol. The molecule has 1 unspecified atom stereocenters. The Morgan fingerprint density at radius 1 is 1.02 bits per heavy atom. The van der Waals surface area contributed by atoms with Crippen LogP contribution in [0.4, 0.5) is 24.7 Å². The average Bonchev–Trinajstić information content (AvgIpc) is 3.76. The normalized spacial score (nSPS) is 15.3. The summed E-state index contributed by atoms with van der Waals surface area (Å²) in [6, 6.07) is 12.9. The fourth-order valence-electron chi connectivity index (χ4n) is 7.55. The van der Waals surface area contributed by atoms with Crippen molar-refractivity contribution < 1.29 is 55.0 Å². The molecule has 2 aliphatic rings. The molecule has 5 N–H and O–H groups in total. The van der Waals surface area contributed by atoms with Crippen molar-refractivity contribution in [1.29, 1.82) is 0 Å². The van der Waals surface area contributed by atoms with Crippen molar-refractivity contribution in [2.24, 2.45) is 7.05 Å². The number of rotatable bonds is 17. The van der Waals surface area contributed by atoms with Crippen LogP contribution in [0.3, 0.4) is 0 Å². The number of unbranched alkanes of at least 4 members (excludes halogenated alkanes) is 4. The molecule has 1 saturated heterocycles. The van der Waals surface area contributed by atoms with Gasteiger partial charge in [-0.1, -0.05) is 48.9 Å². The maximum absolute atomic E-state index is 13.6. The highest BCUT2D eigenvalue weighted by molar-refractivity contribution is 7.93. The number of nitrogens with zero attached hydrogens (tertiary/aromatic N) is 4. The van der Waals surface area contributed by atoms with Crippen LogP contribution < -0.4 is 30.6 Å². The van der Waals surface area contributed by atoms with Crippen molar-refractivity contribution in [3.63, 3.8) is 0 Å². The maximum Gasteiger partial charge on any atom is 0.355 e. The van der Waals surface area contributed by atoms with Gasteiger partial charge in [0.2, 0.25) is 11.8 Å². The Morgan fingerprint density at radius 2 is 1.77 bits per heavy atom. The van der Waals surface area contributed by atoms with E-state index in [0.717, 1.165) is 24.2 Å². The van der Waals surface area contributed by atoms with Crippen LogP contribution >= 0.6 is 0 Å². The smallest absolute Gasteiger partial charge is 0.355 e. The number of amides is 5. The van der Waals surface area contributed by atoms with Crippen LogP contribution in [-0.4, -0.2) is 82.6 Å². The molecule has 0 aliphatic carbocycles. The van der Waals surface area contributed by atoms with E-state index < -0.39 is 69.9 Å². The number of carbonyl (C=O) groups is 5. The van der Waals surface area contributed by atoms with E-state index in [2.05, 4.69) is 32.6 Å². The van der Waals surface area contributed by atoms with Gasteiger partial charge in [-0.05, 0) is 68.1 Å². The number of sulfonamides is 1. The van der Waals surface area contributed by atoms with Gasteiger partial charge in [0.05, 0.1) is 33.3 Å². The number of fused-ring (bicyclic) bond motifs is 2. The second kappa shape index (κ2) is 19.7. The number of nitrogens with two attached hydrogens (primary N) is 1. The number of imide groups is 2. The Kier molecular flexibility index (Phi) is 13.9. The number of alkyl halides is 2. The molecule has 21 heteroatoms. The van der Waals surface area contributed by atoms with Crippen molar-refractivity contribution in [2.75, 3.05) is 23.6 Å². The van der Waals surface area contributed by atoms with Crippen LogP contribution in [0.5, 0.6) is 11.5 Å². The number of nitrogen functional groups attached to an aromatic ring is 1. The van der Waals surface area contributed by atoms with Gasteiger partial charge < -0.3 is 20.5 Å². The number of hydrogen-bond acceptors (Lipinski definition) is 12. The minimum absolute atomic E-state index is 0.0113. The molecular formula is C45H43F3N8O9S. The lowest BCUT2D eigenvalue weighted by atomic mass is 10.0. The number of ether oxygens (including phenoxy) is 2. The summed E-state index contributed by atoms with van der Waals surface area (Å²) in [5, 5.41) is 10.0. The van der Waals surface area contributed by atoms with E-state index in [9.17, 15) is 45.6 Å². The number of anilines is 2. The number of halogens is 3. The molecule has 2 atom stereocenters. The number of pyridine rings is 1. The van der Waals surface area contributed by atoms with Crippen molar-refractivity contribution in [2.45, 2.75) is 69.8 Å². The number of piperidine rings is 1. The Hall–Kier alpha value is -7.47. The molecule has 0 spiro atoms. The predicted octanol–water partition coefficient (Wildman–Crippen LogP) is 5.36. The van der Waals surface area contributed by atoms with E-state index >= 15 is 0 Å². The summed E-state index contributed by atoms with van der Waals surface area (Å²) in [7, 11) is -3.38. The van der Waals surface area contributed by atoms with Gasteiger partial charge in [-0.2, -0.15) is 13.9 Å². The Labute approximate surface area is 376 Å². The molecule has 17 nitrogen and oxygen atoms in total. The van der Waals surface area contributed by atoms with Crippen LogP contribution in [0.25, 0.3) is 22.2 Å². The van der Waals surface area contributed by atoms with Crippen LogP contribution in [0.1, 0.15) is 89.8 Å². The summed E-state index contributed by atoms with van der Waals surface area (Å²) in [5.74, 6) is -0.877. The number of benzene rings is 3. The first kappa shape index (κ1) is 46.5. The van der Waals surface area contributed by atoms with Crippen LogP contribution in [-0.2, 0) is 31.5 Å². The monoisotopic (exact) mass is 928 g/mol. The quantitative estimate of drug-likeness (QED) is 0.0525. The zero-order valence-electron chi connectivity index (χ0n) is 35.5. The summed E-state index contributed by atoms with van der Waals surface area (Å²) < 4.78 is 79.8. The van der Waals surface area contributed by atoms with E-state index in [1.54, 1.807) is 18.7 Å². The third-order valence-electron chi connectivity index (χ3n) is 10.8. The predicted molar refractivity (Wildman–Crippen MR) is 234 cm³/mol. The number of aryl methyl sites for hydroxylation is 1. The molecule has 0 radical (unpaired) electrons. The van der Waals surface area contributed by atoms with E-state index in [1.165, 1.54) is 66.9 Å². The lowest BCUT2D eigenvalue weighted by Crippen LogP contribution is -2.54. The molecule has 0 saturated carbocycles. The van der Waals surface area contributed by atoms with E-state index in [0.29, 0.717) is 52.7 Å².